The van der Waals surface area contributed by atoms with Gasteiger partial charge in [0.2, 0.25) is 0 Å². The lowest BCUT2D eigenvalue weighted by molar-refractivity contribution is 0.196. The summed E-state index contributed by atoms with van der Waals surface area (Å²) >= 11 is 0. The second-order valence-corrected chi connectivity index (χ2v) is 3.26. The number of rotatable bonds is 5. The van der Waals surface area contributed by atoms with Crippen molar-refractivity contribution < 1.29 is 9.84 Å². The molecule has 0 saturated carbocycles. The van der Waals surface area contributed by atoms with Crippen LogP contribution in [0.4, 0.5) is 5.69 Å². The Bertz CT molecular complexity index is 276. The molecule has 0 spiro atoms. The lowest BCUT2D eigenvalue weighted by Gasteiger charge is -2.19. The van der Waals surface area contributed by atoms with E-state index >= 15 is 0 Å². The second-order valence-electron chi connectivity index (χ2n) is 3.26. The molecule has 0 bridgehead atoms. The lowest BCUT2D eigenvalue weighted by Crippen LogP contribution is -2.19. The predicted molar refractivity (Wildman–Crippen MR) is 57.9 cm³/mol. The van der Waals surface area contributed by atoms with Crippen molar-refractivity contribution in [2.75, 3.05) is 32.2 Å². The Labute approximate surface area is 84.9 Å². The molecule has 0 aliphatic rings. The molecule has 1 aromatic carbocycles. The largest absolute Gasteiger partial charge is 0.506 e. The van der Waals surface area contributed by atoms with Crippen LogP contribution in [0, 0.1) is 0 Å². The van der Waals surface area contributed by atoms with Gasteiger partial charge in [-0.1, -0.05) is 12.1 Å². The Morgan fingerprint density at radius 1 is 1.36 bits per heavy atom. The van der Waals surface area contributed by atoms with E-state index in [1.807, 2.05) is 30.1 Å². The highest BCUT2D eigenvalue weighted by atomic mass is 16.5. The molecule has 0 aromatic heterocycles. The van der Waals surface area contributed by atoms with Crippen molar-refractivity contribution in [3.63, 3.8) is 0 Å². The van der Waals surface area contributed by atoms with Crippen LogP contribution in [0.25, 0.3) is 0 Å². The summed E-state index contributed by atoms with van der Waals surface area (Å²) in [5.74, 6) is 0.326. The van der Waals surface area contributed by atoms with Crippen molar-refractivity contribution in [3.05, 3.63) is 24.3 Å². The van der Waals surface area contributed by atoms with Crippen LogP contribution >= 0.6 is 0 Å². The molecule has 3 heteroatoms. The lowest BCUT2D eigenvalue weighted by atomic mass is 10.2. The third kappa shape index (κ3) is 2.92. The summed E-state index contributed by atoms with van der Waals surface area (Å²) in [6.45, 7) is 1.63. The van der Waals surface area contributed by atoms with E-state index in [2.05, 4.69) is 0 Å². The number of phenolic OH excluding ortho intramolecular Hbond substituents is 1. The number of nitrogens with zero attached hydrogens (tertiary/aromatic N) is 1. The van der Waals surface area contributed by atoms with Crippen molar-refractivity contribution in [2.45, 2.75) is 6.42 Å². The van der Waals surface area contributed by atoms with E-state index < -0.39 is 0 Å². The van der Waals surface area contributed by atoms with E-state index in [4.69, 9.17) is 4.74 Å². The Morgan fingerprint density at radius 3 is 2.71 bits per heavy atom. The third-order valence-electron chi connectivity index (χ3n) is 2.13. The van der Waals surface area contributed by atoms with Gasteiger partial charge < -0.3 is 14.7 Å². The summed E-state index contributed by atoms with van der Waals surface area (Å²) in [4.78, 5) is 2.02. The predicted octanol–water partition coefficient (Wildman–Crippen LogP) is 1.86. The number of para-hydroxylation sites is 2. The SMILES string of the molecule is COCCCN(C)c1ccccc1O. The topological polar surface area (TPSA) is 32.7 Å². The van der Waals surface area contributed by atoms with Gasteiger partial charge in [0.05, 0.1) is 5.69 Å². The van der Waals surface area contributed by atoms with E-state index in [0.29, 0.717) is 5.75 Å². The first kappa shape index (κ1) is 10.9. The highest BCUT2D eigenvalue weighted by molar-refractivity contribution is 5.56. The number of anilines is 1. The molecule has 78 valence electrons. The van der Waals surface area contributed by atoms with E-state index in [0.717, 1.165) is 25.3 Å². The van der Waals surface area contributed by atoms with Crippen LogP contribution in [0.2, 0.25) is 0 Å². The summed E-state index contributed by atoms with van der Waals surface area (Å²) < 4.78 is 4.97. The van der Waals surface area contributed by atoms with Crippen LogP contribution in [0.5, 0.6) is 5.75 Å². The molecule has 0 amide bonds. The van der Waals surface area contributed by atoms with Crippen LogP contribution in [-0.2, 0) is 4.74 Å². The van der Waals surface area contributed by atoms with Crippen molar-refractivity contribution in [1.29, 1.82) is 0 Å². The first-order valence-corrected chi connectivity index (χ1v) is 4.73. The van der Waals surface area contributed by atoms with Crippen molar-refractivity contribution >= 4 is 5.69 Å². The standard InChI is InChI=1S/C11H17NO2/c1-12(8-5-9-14-2)10-6-3-4-7-11(10)13/h3-4,6-7,13H,5,8-9H2,1-2H3. The summed E-state index contributed by atoms with van der Waals surface area (Å²) in [7, 11) is 3.66. The summed E-state index contributed by atoms with van der Waals surface area (Å²) in [6, 6.07) is 7.34. The Kier molecular flexibility index (Phi) is 4.26. The van der Waals surface area contributed by atoms with Crippen molar-refractivity contribution in [1.82, 2.24) is 0 Å². The Balaban J connectivity index is 2.51. The van der Waals surface area contributed by atoms with Gasteiger partial charge in [-0.25, -0.2) is 0 Å². The first-order valence-electron chi connectivity index (χ1n) is 4.73. The zero-order valence-electron chi connectivity index (χ0n) is 8.73. The summed E-state index contributed by atoms with van der Waals surface area (Å²) in [5.41, 5.74) is 0.864. The molecule has 0 aliphatic carbocycles. The van der Waals surface area contributed by atoms with Gasteiger partial charge in [0.25, 0.3) is 0 Å². The zero-order valence-corrected chi connectivity index (χ0v) is 8.73. The number of benzene rings is 1. The highest BCUT2D eigenvalue weighted by Crippen LogP contribution is 2.24. The van der Waals surface area contributed by atoms with Crippen LogP contribution in [0.1, 0.15) is 6.42 Å². The average Bonchev–Trinajstić information content (AvgIpc) is 2.18. The molecule has 14 heavy (non-hydrogen) atoms. The summed E-state index contributed by atoms with van der Waals surface area (Å²) in [6.07, 6.45) is 0.960. The molecule has 1 N–H and O–H groups in total. The van der Waals surface area contributed by atoms with Gasteiger partial charge in [0, 0.05) is 27.3 Å². The van der Waals surface area contributed by atoms with Gasteiger partial charge in [-0.2, -0.15) is 0 Å². The van der Waals surface area contributed by atoms with Crippen LogP contribution in [-0.4, -0.2) is 32.4 Å². The number of aromatic hydroxyl groups is 1. The van der Waals surface area contributed by atoms with Gasteiger partial charge in [-0.05, 0) is 18.6 Å². The number of hydrogen-bond acceptors (Lipinski definition) is 3. The molecule has 0 fully saturated rings. The van der Waals surface area contributed by atoms with Gasteiger partial charge in [0.1, 0.15) is 5.75 Å². The average molecular weight is 195 g/mol. The molecule has 0 unspecified atom stereocenters. The normalized spacial score (nSPS) is 10.1. The monoisotopic (exact) mass is 195 g/mol. The van der Waals surface area contributed by atoms with Crippen molar-refractivity contribution in [2.24, 2.45) is 0 Å². The van der Waals surface area contributed by atoms with Crippen LogP contribution in [0.3, 0.4) is 0 Å². The van der Waals surface area contributed by atoms with Gasteiger partial charge >= 0.3 is 0 Å². The van der Waals surface area contributed by atoms with E-state index in [9.17, 15) is 5.11 Å². The number of phenols is 1. The number of hydrogen-bond donors (Lipinski definition) is 1. The Morgan fingerprint density at radius 2 is 2.07 bits per heavy atom. The van der Waals surface area contributed by atoms with E-state index in [1.165, 1.54) is 0 Å². The van der Waals surface area contributed by atoms with E-state index in [-0.39, 0.29) is 0 Å². The van der Waals surface area contributed by atoms with Crippen LogP contribution < -0.4 is 4.90 Å². The van der Waals surface area contributed by atoms with Gasteiger partial charge in [-0.3, -0.25) is 0 Å². The number of methoxy groups -OCH3 is 1. The third-order valence-corrected chi connectivity index (χ3v) is 2.13. The maximum Gasteiger partial charge on any atom is 0.138 e. The van der Waals surface area contributed by atoms with Gasteiger partial charge in [-0.15, -0.1) is 0 Å². The molecule has 1 aromatic rings. The molecule has 0 saturated heterocycles. The fraction of sp³-hybridized carbons (Fsp3) is 0.455. The van der Waals surface area contributed by atoms with Gasteiger partial charge in [0.15, 0.2) is 0 Å². The smallest absolute Gasteiger partial charge is 0.138 e. The number of ether oxygens (including phenoxy) is 1. The van der Waals surface area contributed by atoms with Crippen molar-refractivity contribution in [3.8, 4) is 5.75 Å². The molecule has 1 rings (SSSR count). The minimum absolute atomic E-state index is 0.326. The molecule has 0 aliphatic heterocycles. The first-order chi connectivity index (χ1) is 6.75. The second kappa shape index (κ2) is 5.50. The molecule has 0 atom stereocenters. The molecular weight excluding hydrogens is 178 g/mol. The molecular formula is C11H17NO2. The highest BCUT2D eigenvalue weighted by Gasteiger charge is 2.04. The minimum Gasteiger partial charge on any atom is -0.506 e. The quantitative estimate of drug-likeness (QED) is 0.728. The minimum atomic E-state index is 0.326. The molecule has 3 nitrogen and oxygen atoms in total. The fourth-order valence-corrected chi connectivity index (χ4v) is 1.35. The fourth-order valence-electron chi connectivity index (χ4n) is 1.35. The van der Waals surface area contributed by atoms with E-state index in [1.54, 1.807) is 13.2 Å². The summed E-state index contributed by atoms with van der Waals surface area (Å²) in [5, 5.41) is 9.56. The van der Waals surface area contributed by atoms with Crippen LogP contribution in [0.15, 0.2) is 24.3 Å². The maximum absolute atomic E-state index is 9.56. The zero-order chi connectivity index (χ0) is 10.4. The maximum atomic E-state index is 9.56. The Hall–Kier alpha value is -1.22. The molecule has 0 heterocycles. The molecule has 0 radical (unpaired) electrons.